The van der Waals surface area contributed by atoms with Gasteiger partial charge in [0.1, 0.15) is 0 Å². The highest BCUT2D eigenvalue weighted by Gasteiger charge is 2.17. The van der Waals surface area contributed by atoms with Crippen LogP contribution in [0.2, 0.25) is 0 Å². The smallest absolute Gasteiger partial charge is 0.00240 e. The second kappa shape index (κ2) is 7.17. The zero-order chi connectivity index (χ0) is 17.9. The molecule has 4 aromatic carbocycles. The minimum Gasteiger partial charge on any atom is -0.0625 e. The quantitative estimate of drug-likeness (QED) is 0.365. The molecule has 0 aromatic heterocycles. The molecular weight excluding hydrogens is 312 g/mol. The van der Waals surface area contributed by atoms with Crippen LogP contribution in [0.4, 0.5) is 0 Å². The van der Waals surface area contributed by atoms with E-state index in [0.717, 1.165) is 6.42 Å². The van der Waals surface area contributed by atoms with Crippen molar-refractivity contribution >= 4 is 10.8 Å². The average molecular weight is 336 g/mol. The summed E-state index contributed by atoms with van der Waals surface area (Å²) in [6.45, 7) is 4.60. The molecule has 128 valence electrons. The molecular formula is C26H24. The summed E-state index contributed by atoms with van der Waals surface area (Å²) >= 11 is 0. The first-order chi connectivity index (χ1) is 12.7. The maximum Gasteiger partial charge on any atom is -0.00240 e. The number of benzene rings is 4. The van der Waals surface area contributed by atoms with Gasteiger partial charge in [-0.2, -0.15) is 0 Å². The lowest BCUT2D eigenvalue weighted by molar-refractivity contribution is 0.648. The first-order valence-corrected chi connectivity index (χ1v) is 9.39. The Morgan fingerprint density at radius 3 is 1.77 bits per heavy atom. The van der Waals surface area contributed by atoms with Gasteiger partial charge >= 0.3 is 0 Å². The van der Waals surface area contributed by atoms with Crippen LogP contribution >= 0.6 is 0 Å². The summed E-state index contributed by atoms with van der Waals surface area (Å²) in [6.07, 6.45) is 1.08. The first-order valence-electron chi connectivity index (χ1n) is 9.39. The molecule has 4 rings (SSSR count). The molecule has 0 radical (unpaired) electrons. The van der Waals surface area contributed by atoms with Gasteiger partial charge in [0.15, 0.2) is 0 Å². The Bertz CT molecular complexity index is 1010. The Morgan fingerprint density at radius 2 is 1.15 bits per heavy atom. The summed E-state index contributed by atoms with van der Waals surface area (Å²) in [4.78, 5) is 0. The van der Waals surface area contributed by atoms with Crippen LogP contribution in [0.25, 0.3) is 33.0 Å². The van der Waals surface area contributed by atoms with Crippen LogP contribution in [0.3, 0.4) is 0 Å². The van der Waals surface area contributed by atoms with Gasteiger partial charge < -0.3 is 0 Å². The van der Waals surface area contributed by atoms with Crippen LogP contribution in [0.5, 0.6) is 0 Å². The van der Waals surface area contributed by atoms with E-state index < -0.39 is 0 Å². The second-order valence-electron chi connectivity index (χ2n) is 7.34. The van der Waals surface area contributed by atoms with Crippen LogP contribution in [-0.4, -0.2) is 0 Å². The van der Waals surface area contributed by atoms with Gasteiger partial charge in [0.2, 0.25) is 0 Å². The molecule has 0 saturated heterocycles. The Hall–Kier alpha value is -2.86. The van der Waals surface area contributed by atoms with Gasteiger partial charge in [0, 0.05) is 0 Å². The fourth-order valence-electron chi connectivity index (χ4n) is 3.85. The summed E-state index contributed by atoms with van der Waals surface area (Å²) in [5.74, 6) is 0.613. The van der Waals surface area contributed by atoms with Gasteiger partial charge in [-0.1, -0.05) is 105 Å². The van der Waals surface area contributed by atoms with Gasteiger partial charge in [-0.25, -0.2) is 0 Å². The van der Waals surface area contributed by atoms with Crippen LogP contribution in [0.15, 0.2) is 91.0 Å². The summed E-state index contributed by atoms with van der Waals surface area (Å²) in [6, 6.07) is 32.8. The maximum atomic E-state index is 2.39. The monoisotopic (exact) mass is 336 g/mol. The van der Waals surface area contributed by atoms with E-state index in [0.29, 0.717) is 5.92 Å². The third-order valence-electron chi connectivity index (χ3n) is 4.88. The lowest BCUT2D eigenvalue weighted by Crippen LogP contribution is -2.00. The minimum absolute atomic E-state index is 0.613. The van der Waals surface area contributed by atoms with E-state index in [1.54, 1.807) is 0 Å². The largest absolute Gasteiger partial charge is 0.0625 e. The lowest BCUT2D eigenvalue weighted by atomic mass is 9.84. The van der Waals surface area contributed by atoms with Crippen molar-refractivity contribution in [1.82, 2.24) is 0 Å². The zero-order valence-electron chi connectivity index (χ0n) is 15.4. The van der Waals surface area contributed by atoms with Crippen LogP contribution in [-0.2, 0) is 6.42 Å². The van der Waals surface area contributed by atoms with E-state index in [-0.39, 0.29) is 0 Å². The van der Waals surface area contributed by atoms with E-state index >= 15 is 0 Å². The van der Waals surface area contributed by atoms with Crippen molar-refractivity contribution in [2.75, 3.05) is 0 Å². The van der Waals surface area contributed by atoms with Crippen molar-refractivity contribution in [2.24, 2.45) is 5.92 Å². The van der Waals surface area contributed by atoms with E-state index in [9.17, 15) is 0 Å². The fraction of sp³-hybridized carbons (Fsp3) is 0.154. The molecule has 0 aliphatic carbocycles. The Balaban J connectivity index is 2.13. The zero-order valence-corrected chi connectivity index (χ0v) is 15.4. The molecule has 0 N–H and O–H groups in total. The Labute approximate surface area is 156 Å². The van der Waals surface area contributed by atoms with E-state index in [1.165, 1.54) is 38.6 Å². The number of rotatable bonds is 4. The van der Waals surface area contributed by atoms with E-state index in [1.807, 2.05) is 0 Å². The van der Waals surface area contributed by atoms with Crippen LogP contribution in [0, 0.1) is 5.92 Å². The molecule has 0 aliphatic rings. The first kappa shape index (κ1) is 16.6. The Morgan fingerprint density at radius 1 is 0.615 bits per heavy atom. The van der Waals surface area contributed by atoms with Crippen LogP contribution < -0.4 is 0 Å². The molecule has 0 fully saturated rings. The van der Waals surface area contributed by atoms with Crippen molar-refractivity contribution in [3.63, 3.8) is 0 Å². The molecule has 0 bridgehead atoms. The maximum absolute atomic E-state index is 2.39. The van der Waals surface area contributed by atoms with Crippen molar-refractivity contribution in [3.8, 4) is 22.3 Å². The van der Waals surface area contributed by atoms with Gasteiger partial charge in [-0.15, -0.1) is 0 Å². The molecule has 0 unspecified atom stereocenters. The fourth-order valence-corrected chi connectivity index (χ4v) is 3.85. The van der Waals surface area contributed by atoms with E-state index in [2.05, 4.69) is 105 Å². The summed E-state index contributed by atoms with van der Waals surface area (Å²) in [7, 11) is 0. The molecule has 4 aromatic rings. The van der Waals surface area contributed by atoms with Gasteiger partial charge in [0.05, 0.1) is 0 Å². The van der Waals surface area contributed by atoms with E-state index in [4.69, 9.17) is 0 Å². The number of hydrogen-bond donors (Lipinski definition) is 0. The molecule has 0 heterocycles. The minimum atomic E-state index is 0.613. The molecule has 0 amide bonds. The third kappa shape index (κ3) is 3.15. The highest BCUT2D eigenvalue weighted by molar-refractivity contribution is 6.05. The topological polar surface area (TPSA) is 0 Å². The van der Waals surface area contributed by atoms with Crippen molar-refractivity contribution in [3.05, 3.63) is 96.6 Å². The van der Waals surface area contributed by atoms with Crippen molar-refractivity contribution in [1.29, 1.82) is 0 Å². The van der Waals surface area contributed by atoms with Gasteiger partial charge in [0.25, 0.3) is 0 Å². The number of fused-ring (bicyclic) bond motifs is 1. The standard InChI is InChI=1S/C26H24/c1-19(2)17-23-18-22-15-9-10-16-24(22)26(21-13-7-4-8-14-21)25(23)20-11-5-3-6-12-20/h3-16,18-19H,17H2,1-2H3. The average Bonchev–Trinajstić information content (AvgIpc) is 2.68. The molecule has 0 atom stereocenters. The molecule has 0 aliphatic heterocycles. The summed E-state index contributed by atoms with van der Waals surface area (Å²) in [5, 5.41) is 2.65. The second-order valence-corrected chi connectivity index (χ2v) is 7.34. The lowest BCUT2D eigenvalue weighted by Gasteiger charge is -2.20. The highest BCUT2D eigenvalue weighted by atomic mass is 14.2. The van der Waals surface area contributed by atoms with Crippen molar-refractivity contribution in [2.45, 2.75) is 20.3 Å². The van der Waals surface area contributed by atoms with Gasteiger partial charge in [-0.05, 0) is 50.9 Å². The molecule has 0 saturated carbocycles. The van der Waals surface area contributed by atoms with Gasteiger partial charge in [-0.3, -0.25) is 0 Å². The normalized spacial score (nSPS) is 11.2. The highest BCUT2D eigenvalue weighted by Crippen LogP contribution is 2.41. The number of hydrogen-bond acceptors (Lipinski definition) is 0. The van der Waals surface area contributed by atoms with Crippen molar-refractivity contribution < 1.29 is 0 Å². The molecule has 26 heavy (non-hydrogen) atoms. The predicted octanol–water partition coefficient (Wildman–Crippen LogP) is 7.37. The Kier molecular flexibility index (Phi) is 4.58. The summed E-state index contributed by atoms with van der Waals surface area (Å²) < 4.78 is 0. The van der Waals surface area contributed by atoms with Crippen LogP contribution in [0.1, 0.15) is 19.4 Å². The molecule has 0 heteroatoms. The SMILES string of the molecule is CC(C)Cc1cc2ccccc2c(-c2ccccc2)c1-c1ccccc1. The third-order valence-corrected chi connectivity index (χ3v) is 4.88. The molecule has 0 spiro atoms. The molecule has 0 nitrogen and oxygen atoms in total. The summed E-state index contributed by atoms with van der Waals surface area (Å²) in [5.41, 5.74) is 6.75. The predicted molar refractivity (Wildman–Crippen MR) is 113 cm³/mol.